The van der Waals surface area contributed by atoms with E-state index in [1.807, 2.05) is 0 Å². The van der Waals surface area contributed by atoms with Crippen LogP contribution in [0.1, 0.15) is 6.42 Å². The first-order valence-corrected chi connectivity index (χ1v) is 5.65. The number of nitrogens with one attached hydrogen (secondary N) is 1. The number of ether oxygens (including phenoxy) is 4. The normalized spacial score (nSPS) is 12.4. The van der Waals surface area contributed by atoms with Crippen molar-refractivity contribution >= 4 is 5.97 Å². The van der Waals surface area contributed by atoms with Crippen molar-refractivity contribution in [1.82, 2.24) is 5.32 Å². The van der Waals surface area contributed by atoms with E-state index in [4.69, 9.17) is 14.2 Å². The van der Waals surface area contributed by atoms with Crippen LogP contribution in [0.5, 0.6) is 0 Å². The molecule has 0 aromatic rings. The molecule has 0 aromatic carbocycles. The first-order valence-electron chi connectivity index (χ1n) is 5.65. The lowest BCUT2D eigenvalue weighted by molar-refractivity contribution is -0.144. The molecule has 0 amide bonds. The van der Waals surface area contributed by atoms with E-state index in [1.54, 1.807) is 14.2 Å². The van der Waals surface area contributed by atoms with Gasteiger partial charge in [-0.05, 0) is 13.5 Å². The fraction of sp³-hybridized carbons (Fsp3) is 0.909. The number of hydrogen-bond donors (Lipinski definition) is 1. The molecular weight excluding hydrogens is 226 g/mol. The monoisotopic (exact) mass is 249 g/mol. The second kappa shape index (κ2) is 11.8. The first kappa shape index (κ1) is 16.3. The van der Waals surface area contributed by atoms with Gasteiger partial charge < -0.3 is 24.3 Å². The van der Waals surface area contributed by atoms with Gasteiger partial charge in [-0.25, -0.2) is 0 Å². The van der Waals surface area contributed by atoms with E-state index in [-0.39, 0.29) is 5.97 Å². The van der Waals surface area contributed by atoms with E-state index in [1.165, 1.54) is 7.11 Å². The smallest absolute Gasteiger partial charge is 0.325 e. The van der Waals surface area contributed by atoms with Crippen molar-refractivity contribution in [2.24, 2.45) is 0 Å². The molecule has 6 heteroatoms. The van der Waals surface area contributed by atoms with Crippen molar-refractivity contribution in [2.45, 2.75) is 12.5 Å². The molecule has 1 atom stereocenters. The van der Waals surface area contributed by atoms with E-state index >= 15 is 0 Å². The van der Waals surface area contributed by atoms with Crippen LogP contribution in [-0.2, 0) is 23.7 Å². The number of methoxy groups -OCH3 is 2. The summed E-state index contributed by atoms with van der Waals surface area (Å²) in [5.41, 5.74) is 0. The second-order valence-electron chi connectivity index (χ2n) is 3.40. The zero-order chi connectivity index (χ0) is 12.9. The highest BCUT2D eigenvalue weighted by Crippen LogP contribution is 1.91. The summed E-state index contributed by atoms with van der Waals surface area (Å²) in [7, 11) is 4.69. The molecule has 0 spiro atoms. The zero-order valence-corrected chi connectivity index (χ0v) is 10.9. The quantitative estimate of drug-likeness (QED) is 0.405. The molecule has 0 aliphatic heterocycles. The molecule has 6 nitrogen and oxygen atoms in total. The summed E-state index contributed by atoms with van der Waals surface area (Å²) in [6.45, 7) is 2.69. The Morgan fingerprint density at radius 2 is 1.82 bits per heavy atom. The van der Waals surface area contributed by atoms with Crippen molar-refractivity contribution < 1.29 is 23.7 Å². The lowest BCUT2D eigenvalue weighted by atomic mass is 10.3. The van der Waals surface area contributed by atoms with E-state index in [0.717, 1.165) is 6.42 Å². The minimum atomic E-state index is -0.408. The zero-order valence-electron chi connectivity index (χ0n) is 10.9. The van der Waals surface area contributed by atoms with Crippen LogP contribution in [-0.4, -0.2) is 66.3 Å². The van der Waals surface area contributed by atoms with Gasteiger partial charge in [-0.3, -0.25) is 4.79 Å². The Labute approximate surface area is 103 Å². The van der Waals surface area contributed by atoms with Gasteiger partial charge in [0.1, 0.15) is 6.04 Å². The summed E-state index contributed by atoms with van der Waals surface area (Å²) in [6, 6.07) is -0.408. The predicted molar refractivity (Wildman–Crippen MR) is 63.0 cm³/mol. The molecule has 0 radical (unpaired) electrons. The van der Waals surface area contributed by atoms with Crippen molar-refractivity contribution in [1.29, 1.82) is 0 Å². The number of hydrogen-bond acceptors (Lipinski definition) is 6. The van der Waals surface area contributed by atoms with Crippen LogP contribution < -0.4 is 5.32 Å². The average Bonchev–Trinajstić information content (AvgIpc) is 2.36. The third-order valence-corrected chi connectivity index (χ3v) is 2.13. The minimum absolute atomic E-state index is 0.307. The Bertz CT molecular complexity index is 189. The number of rotatable bonds is 11. The summed E-state index contributed by atoms with van der Waals surface area (Å²) in [4.78, 5) is 11.2. The van der Waals surface area contributed by atoms with Gasteiger partial charge in [0, 0.05) is 20.3 Å². The highest BCUT2D eigenvalue weighted by molar-refractivity contribution is 5.75. The van der Waals surface area contributed by atoms with Gasteiger partial charge >= 0.3 is 5.97 Å². The Hall–Kier alpha value is -0.690. The Morgan fingerprint density at radius 1 is 1.12 bits per heavy atom. The largest absolute Gasteiger partial charge is 0.468 e. The van der Waals surface area contributed by atoms with Gasteiger partial charge in [0.05, 0.1) is 26.9 Å². The topological polar surface area (TPSA) is 66.0 Å². The standard InChI is InChI=1S/C11H23NO5/c1-12-10(11(13)15-3)9-17-6-4-5-16-8-7-14-2/h10,12H,4-9H2,1-3H3. The van der Waals surface area contributed by atoms with Crippen LogP contribution in [0.25, 0.3) is 0 Å². The van der Waals surface area contributed by atoms with Crippen molar-refractivity contribution in [3.05, 3.63) is 0 Å². The molecule has 0 aliphatic rings. The fourth-order valence-electron chi connectivity index (χ4n) is 1.12. The molecule has 0 heterocycles. The molecule has 102 valence electrons. The summed E-state index contributed by atoms with van der Waals surface area (Å²) in [5, 5.41) is 2.82. The molecule has 0 saturated heterocycles. The predicted octanol–water partition coefficient (Wildman–Crippen LogP) is -0.183. The lowest BCUT2D eigenvalue weighted by Crippen LogP contribution is -2.39. The Kier molecular flexibility index (Phi) is 11.3. The average molecular weight is 249 g/mol. The molecule has 0 fully saturated rings. The molecule has 1 unspecified atom stereocenters. The Morgan fingerprint density at radius 3 is 2.41 bits per heavy atom. The van der Waals surface area contributed by atoms with Gasteiger partial charge in [0.2, 0.25) is 0 Å². The van der Waals surface area contributed by atoms with E-state index < -0.39 is 6.04 Å². The van der Waals surface area contributed by atoms with Crippen molar-refractivity contribution in [3.63, 3.8) is 0 Å². The molecule has 1 N–H and O–H groups in total. The van der Waals surface area contributed by atoms with Gasteiger partial charge in [0.25, 0.3) is 0 Å². The minimum Gasteiger partial charge on any atom is -0.468 e. The third kappa shape index (κ3) is 9.05. The maximum atomic E-state index is 11.2. The molecule has 0 aromatic heterocycles. The van der Waals surface area contributed by atoms with Crippen LogP contribution in [0.15, 0.2) is 0 Å². The second-order valence-corrected chi connectivity index (χ2v) is 3.40. The number of likely N-dealkylation sites (N-methyl/N-ethyl adjacent to an activating group) is 1. The highest BCUT2D eigenvalue weighted by Gasteiger charge is 2.16. The summed E-state index contributed by atoms with van der Waals surface area (Å²) < 4.78 is 20.0. The van der Waals surface area contributed by atoms with Crippen LogP contribution in [0, 0.1) is 0 Å². The third-order valence-electron chi connectivity index (χ3n) is 2.13. The van der Waals surface area contributed by atoms with Crippen molar-refractivity contribution in [3.8, 4) is 0 Å². The van der Waals surface area contributed by atoms with Crippen LogP contribution in [0.2, 0.25) is 0 Å². The highest BCUT2D eigenvalue weighted by atomic mass is 16.5. The van der Waals surface area contributed by atoms with Crippen LogP contribution >= 0.6 is 0 Å². The number of carbonyl (C=O) groups excluding carboxylic acids is 1. The molecule has 0 saturated carbocycles. The molecule has 0 aliphatic carbocycles. The summed E-state index contributed by atoms with van der Waals surface area (Å²) in [6.07, 6.45) is 0.793. The van der Waals surface area contributed by atoms with Gasteiger partial charge in [-0.1, -0.05) is 0 Å². The number of esters is 1. The van der Waals surface area contributed by atoms with E-state index in [9.17, 15) is 4.79 Å². The maximum absolute atomic E-state index is 11.2. The number of carbonyl (C=O) groups is 1. The SMILES string of the molecule is CNC(COCCCOCCOC)C(=O)OC. The van der Waals surface area contributed by atoms with Crippen molar-refractivity contribution in [2.75, 3.05) is 54.3 Å². The van der Waals surface area contributed by atoms with Crippen LogP contribution in [0.3, 0.4) is 0 Å². The summed E-state index contributed by atoms with van der Waals surface area (Å²) >= 11 is 0. The fourth-order valence-corrected chi connectivity index (χ4v) is 1.12. The molecule has 0 rings (SSSR count). The van der Waals surface area contributed by atoms with Gasteiger partial charge in [-0.2, -0.15) is 0 Å². The van der Waals surface area contributed by atoms with Crippen LogP contribution in [0.4, 0.5) is 0 Å². The van der Waals surface area contributed by atoms with Gasteiger partial charge in [-0.15, -0.1) is 0 Å². The molecule has 0 bridgehead atoms. The van der Waals surface area contributed by atoms with E-state index in [0.29, 0.717) is 33.0 Å². The van der Waals surface area contributed by atoms with E-state index in [2.05, 4.69) is 10.1 Å². The van der Waals surface area contributed by atoms with Gasteiger partial charge in [0.15, 0.2) is 0 Å². The maximum Gasteiger partial charge on any atom is 0.325 e. The summed E-state index contributed by atoms with van der Waals surface area (Å²) in [5.74, 6) is -0.316. The first-order chi connectivity index (χ1) is 8.26. The molecule has 17 heavy (non-hydrogen) atoms. The molecular formula is C11H23NO5. The lowest BCUT2D eigenvalue weighted by Gasteiger charge is -2.13. The Balaban J connectivity index is 3.34.